The van der Waals surface area contributed by atoms with Gasteiger partial charge >= 0.3 is 0 Å². The van der Waals surface area contributed by atoms with E-state index >= 15 is 0 Å². The maximum atomic E-state index is 11.7. The summed E-state index contributed by atoms with van der Waals surface area (Å²) in [6, 6.07) is 11.3. The number of benzene rings is 1. The topological polar surface area (TPSA) is 74.1 Å². The molecule has 0 aliphatic rings. The van der Waals surface area contributed by atoms with Gasteiger partial charge in [-0.2, -0.15) is 0 Å². The second-order valence-corrected chi connectivity index (χ2v) is 7.52. The molecule has 0 bridgehead atoms. The molecule has 23 heavy (non-hydrogen) atoms. The van der Waals surface area contributed by atoms with Crippen molar-refractivity contribution in [3.8, 4) is 5.88 Å². The molecule has 1 aromatic carbocycles. The summed E-state index contributed by atoms with van der Waals surface area (Å²) in [5, 5.41) is 0. The van der Waals surface area contributed by atoms with E-state index in [-0.39, 0.29) is 5.75 Å². The van der Waals surface area contributed by atoms with Crippen LogP contribution in [0, 0.1) is 0 Å². The molecule has 0 fully saturated rings. The number of ether oxygens (including phenoxy) is 1. The lowest BCUT2D eigenvalue weighted by molar-refractivity contribution is 0.397. The number of aromatic nitrogens is 3. The van der Waals surface area contributed by atoms with Gasteiger partial charge in [0.25, 0.3) is 0 Å². The molecule has 3 aromatic rings. The number of methoxy groups -OCH3 is 1. The summed E-state index contributed by atoms with van der Waals surface area (Å²) in [6.07, 6.45) is 2.88. The van der Waals surface area contributed by atoms with E-state index in [1.165, 1.54) is 6.26 Å². The zero-order valence-corrected chi connectivity index (χ0v) is 13.7. The van der Waals surface area contributed by atoms with Crippen molar-refractivity contribution >= 4 is 20.9 Å². The average Bonchev–Trinajstić information content (AvgIpc) is 2.83. The Morgan fingerprint density at radius 1 is 1.22 bits per heavy atom. The normalized spacial score (nSPS) is 11.7. The molecule has 0 aliphatic carbocycles. The molecule has 0 spiro atoms. The first-order valence-electron chi connectivity index (χ1n) is 7.07. The van der Waals surface area contributed by atoms with E-state index in [4.69, 9.17) is 4.74 Å². The summed E-state index contributed by atoms with van der Waals surface area (Å²) in [5.41, 5.74) is 2.66. The summed E-state index contributed by atoms with van der Waals surface area (Å²) >= 11 is 0. The quantitative estimate of drug-likeness (QED) is 0.715. The molecule has 0 atom stereocenters. The smallest absolute Gasteiger partial charge is 0.213 e. The van der Waals surface area contributed by atoms with Crippen LogP contribution in [0.5, 0.6) is 5.88 Å². The van der Waals surface area contributed by atoms with Gasteiger partial charge in [-0.15, -0.1) is 0 Å². The van der Waals surface area contributed by atoms with Gasteiger partial charge in [-0.25, -0.2) is 18.4 Å². The fourth-order valence-electron chi connectivity index (χ4n) is 2.49. The number of fused-ring (bicyclic) bond motifs is 1. The Balaban J connectivity index is 2.08. The van der Waals surface area contributed by atoms with Gasteiger partial charge in [-0.05, 0) is 23.8 Å². The van der Waals surface area contributed by atoms with Gasteiger partial charge in [0.05, 0.1) is 18.1 Å². The van der Waals surface area contributed by atoms with E-state index in [0.29, 0.717) is 18.2 Å². The first kappa shape index (κ1) is 15.5. The van der Waals surface area contributed by atoms with Gasteiger partial charge < -0.3 is 9.30 Å². The molecule has 0 amide bonds. The van der Waals surface area contributed by atoms with Gasteiger partial charge in [0.15, 0.2) is 9.84 Å². The zero-order chi connectivity index (χ0) is 16.4. The van der Waals surface area contributed by atoms with Crippen LogP contribution in [0.1, 0.15) is 11.4 Å². The van der Waals surface area contributed by atoms with Crippen molar-refractivity contribution in [1.82, 2.24) is 14.5 Å². The standard InChI is InChI=1S/C16H17N3O3S/c1-22-16-9-12(7-8-17-16)10-19-14-6-4-3-5-13(14)18-15(19)11-23(2,20)21/h3-9H,10-11H2,1-2H3. The van der Waals surface area contributed by atoms with E-state index in [1.54, 1.807) is 13.3 Å². The predicted octanol–water partition coefficient (Wildman–Crippen LogP) is 2.03. The Morgan fingerprint density at radius 2 is 2.00 bits per heavy atom. The number of rotatable bonds is 5. The molecular weight excluding hydrogens is 314 g/mol. The third-order valence-corrected chi connectivity index (χ3v) is 4.26. The van der Waals surface area contributed by atoms with E-state index in [0.717, 1.165) is 16.6 Å². The molecule has 6 nitrogen and oxygen atoms in total. The van der Waals surface area contributed by atoms with Crippen molar-refractivity contribution in [3.05, 3.63) is 54.0 Å². The molecule has 0 radical (unpaired) electrons. The van der Waals surface area contributed by atoms with Crippen molar-refractivity contribution in [2.24, 2.45) is 0 Å². The van der Waals surface area contributed by atoms with Gasteiger partial charge in [0.1, 0.15) is 11.6 Å². The lowest BCUT2D eigenvalue weighted by Gasteiger charge is -2.09. The number of hydrogen-bond donors (Lipinski definition) is 0. The fourth-order valence-corrected chi connectivity index (χ4v) is 3.18. The highest BCUT2D eigenvalue weighted by molar-refractivity contribution is 7.89. The van der Waals surface area contributed by atoms with Crippen molar-refractivity contribution < 1.29 is 13.2 Å². The van der Waals surface area contributed by atoms with Crippen LogP contribution in [0.3, 0.4) is 0 Å². The average molecular weight is 331 g/mol. The van der Waals surface area contributed by atoms with Crippen LogP contribution in [0.2, 0.25) is 0 Å². The highest BCUT2D eigenvalue weighted by Crippen LogP contribution is 2.20. The van der Waals surface area contributed by atoms with Crippen molar-refractivity contribution in [2.45, 2.75) is 12.3 Å². The second-order valence-electron chi connectivity index (χ2n) is 5.38. The number of hydrogen-bond acceptors (Lipinski definition) is 5. The Kier molecular flexibility index (Phi) is 4.04. The van der Waals surface area contributed by atoms with Gasteiger partial charge in [0.2, 0.25) is 5.88 Å². The Bertz CT molecular complexity index is 948. The lowest BCUT2D eigenvalue weighted by atomic mass is 10.2. The number of pyridine rings is 1. The third kappa shape index (κ3) is 3.50. The minimum atomic E-state index is -3.17. The Morgan fingerprint density at radius 3 is 2.74 bits per heavy atom. The van der Waals surface area contributed by atoms with E-state index in [2.05, 4.69) is 9.97 Å². The molecular formula is C16H17N3O3S. The molecule has 0 N–H and O–H groups in total. The fraction of sp³-hybridized carbons (Fsp3) is 0.250. The molecule has 120 valence electrons. The first-order chi connectivity index (χ1) is 11.0. The van der Waals surface area contributed by atoms with E-state index < -0.39 is 9.84 Å². The summed E-state index contributed by atoms with van der Waals surface area (Å²) < 4.78 is 30.5. The highest BCUT2D eigenvalue weighted by atomic mass is 32.2. The summed E-state index contributed by atoms with van der Waals surface area (Å²) in [7, 11) is -1.61. The molecule has 2 heterocycles. The molecule has 0 saturated heterocycles. The van der Waals surface area contributed by atoms with Gasteiger partial charge in [-0.3, -0.25) is 0 Å². The van der Waals surface area contributed by atoms with Crippen LogP contribution in [0.4, 0.5) is 0 Å². The summed E-state index contributed by atoms with van der Waals surface area (Å²) in [6.45, 7) is 0.504. The van der Waals surface area contributed by atoms with Crippen molar-refractivity contribution in [1.29, 1.82) is 0 Å². The number of sulfone groups is 1. The Hall–Kier alpha value is -2.41. The minimum absolute atomic E-state index is 0.0934. The van der Waals surface area contributed by atoms with Crippen molar-refractivity contribution in [3.63, 3.8) is 0 Å². The minimum Gasteiger partial charge on any atom is -0.481 e. The maximum absolute atomic E-state index is 11.7. The highest BCUT2D eigenvalue weighted by Gasteiger charge is 2.15. The largest absolute Gasteiger partial charge is 0.481 e. The maximum Gasteiger partial charge on any atom is 0.213 e. The van der Waals surface area contributed by atoms with Crippen LogP contribution >= 0.6 is 0 Å². The number of para-hydroxylation sites is 2. The van der Waals surface area contributed by atoms with Gasteiger partial charge in [0, 0.05) is 25.1 Å². The zero-order valence-electron chi connectivity index (χ0n) is 12.9. The van der Waals surface area contributed by atoms with Crippen LogP contribution in [-0.4, -0.2) is 36.3 Å². The molecule has 0 unspecified atom stereocenters. The first-order valence-corrected chi connectivity index (χ1v) is 9.13. The predicted molar refractivity (Wildman–Crippen MR) is 88.2 cm³/mol. The molecule has 7 heteroatoms. The van der Waals surface area contributed by atoms with E-state index in [9.17, 15) is 8.42 Å². The molecule has 2 aromatic heterocycles. The van der Waals surface area contributed by atoms with Gasteiger partial charge in [-0.1, -0.05) is 12.1 Å². The number of nitrogens with zero attached hydrogens (tertiary/aromatic N) is 3. The molecule has 0 saturated carbocycles. The van der Waals surface area contributed by atoms with Crippen LogP contribution in [0.25, 0.3) is 11.0 Å². The Labute approximate surface area is 134 Å². The lowest BCUT2D eigenvalue weighted by Crippen LogP contribution is -2.10. The third-order valence-electron chi connectivity index (χ3n) is 3.47. The number of imidazole rings is 1. The van der Waals surface area contributed by atoms with Crippen LogP contribution in [0.15, 0.2) is 42.6 Å². The van der Waals surface area contributed by atoms with Crippen LogP contribution < -0.4 is 4.74 Å². The van der Waals surface area contributed by atoms with Crippen LogP contribution in [-0.2, 0) is 22.1 Å². The molecule has 3 rings (SSSR count). The molecule has 0 aliphatic heterocycles. The SMILES string of the molecule is COc1cc(Cn2c(CS(C)(=O)=O)nc3ccccc32)ccn1. The van der Waals surface area contributed by atoms with E-state index in [1.807, 2.05) is 41.0 Å². The second kappa shape index (κ2) is 6.00. The van der Waals surface area contributed by atoms with Crippen molar-refractivity contribution in [2.75, 3.05) is 13.4 Å². The summed E-state index contributed by atoms with van der Waals surface area (Å²) in [4.78, 5) is 8.56. The summed E-state index contributed by atoms with van der Waals surface area (Å²) in [5.74, 6) is 0.963. The monoisotopic (exact) mass is 331 g/mol.